The third kappa shape index (κ3) is 3.59. The van der Waals surface area contributed by atoms with Crippen LogP contribution in [0.15, 0.2) is 108 Å². The van der Waals surface area contributed by atoms with E-state index in [4.69, 9.17) is 10.2 Å². The monoisotopic (exact) mass is 512 g/mol. The summed E-state index contributed by atoms with van der Waals surface area (Å²) in [6.45, 7) is 4.49. The fourth-order valence-electron chi connectivity index (χ4n) is 5.66. The molecule has 0 fully saturated rings. The maximum absolute atomic E-state index is 6.56. The van der Waals surface area contributed by atoms with Crippen molar-refractivity contribution in [3.8, 4) is 16.8 Å². The maximum Gasteiger partial charge on any atom is 0.159 e. The number of aromatic nitrogens is 1. The lowest BCUT2D eigenvalue weighted by atomic mass is 10.0. The van der Waals surface area contributed by atoms with Gasteiger partial charge in [0, 0.05) is 32.5 Å². The summed E-state index contributed by atoms with van der Waals surface area (Å²) in [6.07, 6.45) is 0. The fourth-order valence-corrected chi connectivity index (χ4v) is 6.50. The van der Waals surface area contributed by atoms with Gasteiger partial charge in [0.05, 0.1) is 16.7 Å². The number of thioether (sulfide) groups is 1. The first kappa shape index (κ1) is 23.0. The van der Waals surface area contributed by atoms with Gasteiger partial charge in [0.1, 0.15) is 5.58 Å². The summed E-state index contributed by atoms with van der Waals surface area (Å²) >= 11 is 1.96. The lowest BCUT2D eigenvalue weighted by Crippen LogP contribution is -1.94. The molecule has 0 saturated heterocycles. The molecule has 2 aromatic heterocycles. The van der Waals surface area contributed by atoms with Crippen LogP contribution >= 0.6 is 11.8 Å². The molecule has 5 aromatic carbocycles. The largest absolute Gasteiger partial charge is 0.454 e. The highest BCUT2D eigenvalue weighted by Crippen LogP contribution is 2.40. The molecule has 0 bridgehead atoms. The number of furan rings is 1. The number of hydrogen-bond acceptors (Lipinski definition) is 3. The fraction of sp³-hybridized carbons (Fsp3) is 0.118. The average molecular weight is 513 g/mol. The number of benzene rings is 5. The second-order valence-corrected chi connectivity index (χ2v) is 11.4. The van der Waals surface area contributed by atoms with Gasteiger partial charge in [-0.05, 0) is 77.9 Å². The second kappa shape index (κ2) is 9.00. The van der Waals surface area contributed by atoms with Crippen LogP contribution in [-0.4, -0.2) is 10.3 Å². The lowest BCUT2D eigenvalue weighted by molar-refractivity contribution is 0.666. The normalized spacial score (nSPS) is 12.7. The van der Waals surface area contributed by atoms with Gasteiger partial charge in [0.2, 0.25) is 0 Å². The van der Waals surface area contributed by atoms with E-state index in [1.54, 1.807) is 0 Å². The Balaban J connectivity index is 1.47. The highest BCUT2D eigenvalue weighted by atomic mass is 32.2. The van der Waals surface area contributed by atoms with Crippen LogP contribution in [-0.2, 0) is 0 Å². The number of nitrogens with zero attached hydrogens (tertiary/aromatic N) is 1. The molecule has 186 valence electrons. The number of anilines is 1. The molecule has 2 heterocycles. The van der Waals surface area contributed by atoms with E-state index in [2.05, 4.69) is 109 Å². The summed E-state index contributed by atoms with van der Waals surface area (Å²) in [5.41, 5.74) is 15.6. The van der Waals surface area contributed by atoms with E-state index >= 15 is 0 Å². The number of hydrogen-bond donors (Lipinski definition) is 1. The summed E-state index contributed by atoms with van der Waals surface area (Å²) < 4.78 is 8.91. The van der Waals surface area contributed by atoms with Gasteiger partial charge in [-0.25, -0.2) is 0 Å². The number of rotatable bonds is 5. The summed E-state index contributed by atoms with van der Waals surface area (Å²) in [7, 11) is 0. The third-order valence-electron chi connectivity index (χ3n) is 7.54. The number of nitrogens with two attached hydrogens (primary N) is 1. The van der Waals surface area contributed by atoms with E-state index in [0.717, 1.165) is 44.8 Å². The molecule has 0 amide bonds. The SMILES string of the molecule is CCSC(C)c1ccc2oc3c(-n4c5ccccc5c5cc(-c6ccc(N)cc6)ccc54)cccc3c2c1. The Hall–Kier alpha value is -4.15. The molecule has 0 aliphatic carbocycles. The summed E-state index contributed by atoms with van der Waals surface area (Å²) in [5.74, 6) is 1.10. The van der Waals surface area contributed by atoms with Crippen molar-refractivity contribution in [2.24, 2.45) is 0 Å². The molecule has 0 radical (unpaired) electrons. The minimum Gasteiger partial charge on any atom is -0.454 e. The van der Waals surface area contributed by atoms with E-state index in [-0.39, 0.29) is 0 Å². The number of para-hydroxylation sites is 2. The minimum atomic E-state index is 0.449. The Morgan fingerprint density at radius 3 is 2.34 bits per heavy atom. The molecule has 4 heteroatoms. The van der Waals surface area contributed by atoms with Gasteiger partial charge in [-0.1, -0.05) is 61.5 Å². The molecule has 7 aromatic rings. The minimum absolute atomic E-state index is 0.449. The van der Waals surface area contributed by atoms with Crippen molar-refractivity contribution in [1.29, 1.82) is 0 Å². The predicted octanol–water partition coefficient (Wildman–Crippen LogP) is 9.75. The van der Waals surface area contributed by atoms with Gasteiger partial charge in [0.25, 0.3) is 0 Å². The van der Waals surface area contributed by atoms with Crippen LogP contribution in [0, 0.1) is 0 Å². The van der Waals surface area contributed by atoms with Crippen LogP contribution in [0.5, 0.6) is 0 Å². The molecular weight excluding hydrogens is 484 g/mol. The van der Waals surface area contributed by atoms with Crippen LogP contribution in [0.25, 0.3) is 60.6 Å². The Bertz CT molecular complexity index is 1960. The molecule has 38 heavy (non-hydrogen) atoms. The smallest absolute Gasteiger partial charge is 0.159 e. The summed E-state index contributed by atoms with van der Waals surface area (Å²) in [4.78, 5) is 0. The highest BCUT2D eigenvalue weighted by molar-refractivity contribution is 7.99. The van der Waals surface area contributed by atoms with Crippen LogP contribution in [0.1, 0.15) is 24.7 Å². The zero-order valence-electron chi connectivity index (χ0n) is 21.4. The molecule has 0 spiro atoms. The molecule has 1 atom stereocenters. The van der Waals surface area contributed by atoms with Crippen LogP contribution < -0.4 is 5.73 Å². The Kier molecular flexibility index (Phi) is 5.45. The third-order valence-corrected chi connectivity index (χ3v) is 8.65. The molecular formula is C34H28N2OS. The molecule has 0 aliphatic rings. The van der Waals surface area contributed by atoms with Crippen molar-refractivity contribution in [2.45, 2.75) is 19.1 Å². The molecule has 2 N–H and O–H groups in total. The molecule has 0 aliphatic heterocycles. The van der Waals surface area contributed by atoms with E-state index in [1.165, 1.54) is 32.8 Å². The summed E-state index contributed by atoms with van der Waals surface area (Å²) in [6, 6.07) is 36.5. The van der Waals surface area contributed by atoms with Crippen LogP contribution in [0.4, 0.5) is 5.69 Å². The second-order valence-electron chi connectivity index (χ2n) is 9.82. The zero-order valence-corrected chi connectivity index (χ0v) is 22.3. The van der Waals surface area contributed by atoms with Crippen LogP contribution in [0.3, 0.4) is 0 Å². The molecule has 0 saturated carbocycles. The highest BCUT2D eigenvalue weighted by Gasteiger charge is 2.18. The molecule has 7 rings (SSSR count). The Labute approximate surface area is 225 Å². The molecule has 3 nitrogen and oxygen atoms in total. The van der Waals surface area contributed by atoms with Crippen molar-refractivity contribution in [3.63, 3.8) is 0 Å². The Morgan fingerprint density at radius 2 is 1.50 bits per heavy atom. The van der Waals surface area contributed by atoms with E-state index < -0.39 is 0 Å². The van der Waals surface area contributed by atoms with Crippen LogP contribution in [0.2, 0.25) is 0 Å². The van der Waals surface area contributed by atoms with Gasteiger partial charge in [0.15, 0.2) is 5.58 Å². The topological polar surface area (TPSA) is 44.1 Å². The van der Waals surface area contributed by atoms with Crippen molar-refractivity contribution < 1.29 is 4.42 Å². The standard InChI is InChI=1S/C34H28N2OS/c1-3-38-21(2)23-14-18-33-29(19-23)27-8-6-10-32(34(27)37-33)36-30-9-5-4-7-26(30)28-20-24(13-17-31(28)36)22-11-15-25(35)16-12-22/h4-21H,3,35H2,1-2H3. The first-order chi connectivity index (χ1) is 18.6. The average Bonchev–Trinajstić information content (AvgIpc) is 3.48. The van der Waals surface area contributed by atoms with E-state index in [9.17, 15) is 0 Å². The van der Waals surface area contributed by atoms with Gasteiger partial charge < -0.3 is 14.7 Å². The van der Waals surface area contributed by atoms with Crippen molar-refractivity contribution >= 4 is 61.2 Å². The van der Waals surface area contributed by atoms with Crippen molar-refractivity contribution in [2.75, 3.05) is 11.5 Å². The van der Waals surface area contributed by atoms with Crippen molar-refractivity contribution in [3.05, 3.63) is 109 Å². The molecule has 1 unspecified atom stereocenters. The van der Waals surface area contributed by atoms with Gasteiger partial charge in [-0.3, -0.25) is 0 Å². The quantitative estimate of drug-likeness (QED) is 0.233. The summed E-state index contributed by atoms with van der Waals surface area (Å²) in [5, 5.41) is 5.22. The van der Waals surface area contributed by atoms with Gasteiger partial charge in [-0.2, -0.15) is 11.8 Å². The maximum atomic E-state index is 6.56. The zero-order chi connectivity index (χ0) is 25.8. The van der Waals surface area contributed by atoms with Crippen molar-refractivity contribution in [1.82, 2.24) is 4.57 Å². The number of fused-ring (bicyclic) bond motifs is 6. The first-order valence-corrected chi connectivity index (χ1v) is 14.1. The Morgan fingerprint density at radius 1 is 0.737 bits per heavy atom. The van der Waals surface area contributed by atoms with E-state index in [0.29, 0.717) is 5.25 Å². The van der Waals surface area contributed by atoms with Gasteiger partial charge in [-0.15, -0.1) is 0 Å². The predicted molar refractivity (Wildman–Crippen MR) is 164 cm³/mol. The van der Waals surface area contributed by atoms with Gasteiger partial charge >= 0.3 is 0 Å². The van der Waals surface area contributed by atoms with E-state index in [1.807, 2.05) is 23.9 Å². The number of nitrogen functional groups attached to an aromatic ring is 1. The first-order valence-electron chi connectivity index (χ1n) is 13.1. The lowest BCUT2D eigenvalue weighted by Gasteiger charge is -2.10.